The molecule has 114 valence electrons. The molecular weight excluding hydrogens is 276 g/mol. The van der Waals surface area contributed by atoms with Crippen LogP contribution in [0.25, 0.3) is 0 Å². The molecule has 1 fully saturated rings. The number of amides is 1. The Hall–Kier alpha value is -2.27. The van der Waals surface area contributed by atoms with Crippen LogP contribution in [0.3, 0.4) is 0 Å². The van der Waals surface area contributed by atoms with E-state index in [1.807, 2.05) is 6.07 Å². The van der Waals surface area contributed by atoms with Crippen molar-refractivity contribution in [3.05, 3.63) is 59.7 Å². The van der Waals surface area contributed by atoms with E-state index in [0.29, 0.717) is 5.56 Å². The largest absolute Gasteiger partial charge is 0.365 e. The van der Waals surface area contributed by atoms with E-state index in [1.54, 1.807) is 0 Å². The van der Waals surface area contributed by atoms with Gasteiger partial charge in [0.1, 0.15) is 6.33 Å². The van der Waals surface area contributed by atoms with Gasteiger partial charge in [-0.25, -0.2) is 9.97 Å². The standard InChI is InChI=1S/C17H20N4O/c18-17(22)15-10-19-12-20-16(15)14-7-9-21(11-14)8-6-13-4-2-1-3-5-13/h1-5,10,12,14H,6-9,11H2,(H2,18,22)/t14-/m0/s1. The van der Waals surface area contributed by atoms with Crippen molar-refractivity contribution in [2.75, 3.05) is 19.6 Å². The molecule has 1 aliphatic rings. The van der Waals surface area contributed by atoms with Crippen molar-refractivity contribution in [1.82, 2.24) is 14.9 Å². The molecule has 1 aromatic carbocycles. The van der Waals surface area contributed by atoms with Gasteiger partial charge >= 0.3 is 0 Å². The molecule has 5 heteroatoms. The normalized spacial score (nSPS) is 18.5. The Morgan fingerprint density at radius 2 is 2.14 bits per heavy atom. The van der Waals surface area contributed by atoms with Gasteiger partial charge in [-0.3, -0.25) is 4.79 Å². The van der Waals surface area contributed by atoms with Gasteiger partial charge in [0.2, 0.25) is 0 Å². The zero-order valence-corrected chi connectivity index (χ0v) is 12.5. The third-order valence-electron chi connectivity index (χ3n) is 4.23. The zero-order chi connectivity index (χ0) is 15.4. The van der Waals surface area contributed by atoms with Gasteiger partial charge < -0.3 is 10.6 Å². The highest BCUT2D eigenvalue weighted by atomic mass is 16.1. The summed E-state index contributed by atoms with van der Waals surface area (Å²) < 4.78 is 0. The number of aromatic nitrogens is 2. The average molecular weight is 296 g/mol. The molecule has 1 aliphatic heterocycles. The van der Waals surface area contributed by atoms with E-state index < -0.39 is 5.91 Å². The molecule has 1 saturated heterocycles. The molecule has 2 N–H and O–H groups in total. The van der Waals surface area contributed by atoms with E-state index in [9.17, 15) is 4.79 Å². The number of nitrogens with zero attached hydrogens (tertiary/aromatic N) is 3. The van der Waals surface area contributed by atoms with Gasteiger partial charge in [0.25, 0.3) is 5.91 Å². The monoisotopic (exact) mass is 296 g/mol. The second-order valence-electron chi connectivity index (χ2n) is 5.71. The molecule has 0 unspecified atom stereocenters. The third-order valence-corrected chi connectivity index (χ3v) is 4.23. The van der Waals surface area contributed by atoms with Crippen LogP contribution in [-0.2, 0) is 6.42 Å². The number of carbonyl (C=O) groups is 1. The lowest BCUT2D eigenvalue weighted by molar-refractivity contribution is 0.0998. The third kappa shape index (κ3) is 3.31. The van der Waals surface area contributed by atoms with E-state index in [1.165, 1.54) is 18.1 Å². The predicted octanol–water partition coefficient (Wildman–Crippen LogP) is 1.61. The fourth-order valence-electron chi connectivity index (χ4n) is 3.05. The number of hydrogen-bond acceptors (Lipinski definition) is 4. The Balaban J connectivity index is 1.62. The summed E-state index contributed by atoms with van der Waals surface area (Å²) in [5, 5.41) is 0. The molecule has 2 aromatic rings. The minimum Gasteiger partial charge on any atom is -0.365 e. The summed E-state index contributed by atoms with van der Waals surface area (Å²) in [6, 6.07) is 10.5. The Morgan fingerprint density at radius 1 is 1.32 bits per heavy atom. The Labute approximate surface area is 130 Å². The quantitative estimate of drug-likeness (QED) is 0.910. The van der Waals surface area contributed by atoms with Crippen molar-refractivity contribution in [2.24, 2.45) is 5.73 Å². The van der Waals surface area contributed by atoms with Gasteiger partial charge in [-0.2, -0.15) is 0 Å². The number of carbonyl (C=O) groups excluding carboxylic acids is 1. The van der Waals surface area contributed by atoms with Crippen LogP contribution in [0.5, 0.6) is 0 Å². The Kier molecular flexibility index (Phi) is 4.44. The highest BCUT2D eigenvalue weighted by Gasteiger charge is 2.27. The maximum Gasteiger partial charge on any atom is 0.252 e. The summed E-state index contributed by atoms with van der Waals surface area (Å²) >= 11 is 0. The molecule has 0 saturated carbocycles. The van der Waals surface area contributed by atoms with Gasteiger partial charge in [-0.15, -0.1) is 0 Å². The van der Waals surface area contributed by atoms with E-state index in [4.69, 9.17) is 5.73 Å². The minimum absolute atomic E-state index is 0.265. The minimum atomic E-state index is -0.446. The number of nitrogens with two attached hydrogens (primary N) is 1. The van der Waals surface area contributed by atoms with Crippen molar-refractivity contribution in [1.29, 1.82) is 0 Å². The van der Waals surface area contributed by atoms with Crippen LogP contribution < -0.4 is 5.73 Å². The van der Waals surface area contributed by atoms with Gasteiger partial charge in [0, 0.05) is 25.2 Å². The number of likely N-dealkylation sites (tertiary alicyclic amines) is 1. The number of hydrogen-bond donors (Lipinski definition) is 1. The first-order valence-electron chi connectivity index (χ1n) is 7.60. The lowest BCUT2D eigenvalue weighted by Crippen LogP contribution is -2.24. The molecule has 0 bridgehead atoms. The first-order chi connectivity index (χ1) is 10.7. The summed E-state index contributed by atoms with van der Waals surface area (Å²) in [5.74, 6) is -0.181. The van der Waals surface area contributed by atoms with Crippen molar-refractivity contribution in [3.63, 3.8) is 0 Å². The molecule has 5 nitrogen and oxygen atoms in total. The molecule has 3 rings (SSSR count). The number of benzene rings is 1. The van der Waals surface area contributed by atoms with Crippen LogP contribution in [0.1, 0.15) is 34.0 Å². The average Bonchev–Trinajstić information content (AvgIpc) is 3.03. The van der Waals surface area contributed by atoms with Gasteiger partial charge in [0.15, 0.2) is 0 Å². The molecule has 1 atom stereocenters. The number of rotatable bonds is 5. The molecule has 0 aliphatic carbocycles. The second-order valence-corrected chi connectivity index (χ2v) is 5.71. The molecule has 1 aromatic heterocycles. The maximum absolute atomic E-state index is 11.5. The first kappa shape index (κ1) is 14.7. The summed E-state index contributed by atoms with van der Waals surface area (Å²) in [4.78, 5) is 22.1. The Morgan fingerprint density at radius 3 is 2.91 bits per heavy atom. The van der Waals surface area contributed by atoms with Crippen LogP contribution >= 0.6 is 0 Å². The molecule has 1 amide bonds. The van der Waals surface area contributed by atoms with E-state index in [2.05, 4.69) is 39.1 Å². The van der Waals surface area contributed by atoms with Crippen molar-refractivity contribution in [2.45, 2.75) is 18.8 Å². The molecule has 0 spiro atoms. The summed E-state index contributed by atoms with van der Waals surface area (Å²) in [6.07, 6.45) is 5.07. The number of primary amides is 1. The second kappa shape index (κ2) is 6.66. The fraction of sp³-hybridized carbons (Fsp3) is 0.353. The van der Waals surface area contributed by atoms with Crippen molar-refractivity contribution >= 4 is 5.91 Å². The first-order valence-corrected chi connectivity index (χ1v) is 7.60. The SMILES string of the molecule is NC(=O)c1cncnc1[C@H]1CCN(CCc2ccccc2)C1. The smallest absolute Gasteiger partial charge is 0.252 e. The van der Waals surface area contributed by atoms with Crippen LogP contribution in [0.15, 0.2) is 42.9 Å². The van der Waals surface area contributed by atoms with Crippen LogP contribution in [0.2, 0.25) is 0 Å². The fourth-order valence-corrected chi connectivity index (χ4v) is 3.05. The highest BCUT2D eigenvalue weighted by Crippen LogP contribution is 2.27. The summed E-state index contributed by atoms with van der Waals surface area (Å²) in [5.41, 5.74) is 8.02. The van der Waals surface area contributed by atoms with Crippen LogP contribution in [0.4, 0.5) is 0 Å². The lowest BCUT2D eigenvalue weighted by atomic mass is 10.00. The summed E-state index contributed by atoms with van der Waals surface area (Å²) in [6.45, 7) is 2.97. The summed E-state index contributed by atoms with van der Waals surface area (Å²) in [7, 11) is 0. The Bertz CT molecular complexity index is 644. The molecule has 22 heavy (non-hydrogen) atoms. The van der Waals surface area contributed by atoms with Crippen molar-refractivity contribution in [3.8, 4) is 0 Å². The molecule has 0 radical (unpaired) electrons. The van der Waals surface area contributed by atoms with Gasteiger partial charge in [-0.05, 0) is 24.9 Å². The van der Waals surface area contributed by atoms with E-state index in [0.717, 1.165) is 38.2 Å². The van der Waals surface area contributed by atoms with Crippen LogP contribution in [0, 0.1) is 0 Å². The lowest BCUT2D eigenvalue weighted by Gasteiger charge is -2.16. The van der Waals surface area contributed by atoms with Crippen molar-refractivity contribution < 1.29 is 4.79 Å². The van der Waals surface area contributed by atoms with E-state index >= 15 is 0 Å². The predicted molar refractivity (Wildman–Crippen MR) is 84.5 cm³/mol. The molecule has 2 heterocycles. The van der Waals surface area contributed by atoms with Gasteiger partial charge in [-0.1, -0.05) is 30.3 Å². The zero-order valence-electron chi connectivity index (χ0n) is 12.5. The van der Waals surface area contributed by atoms with Crippen LogP contribution in [-0.4, -0.2) is 40.4 Å². The highest BCUT2D eigenvalue weighted by molar-refractivity contribution is 5.93. The molecular formula is C17H20N4O. The maximum atomic E-state index is 11.5. The van der Waals surface area contributed by atoms with E-state index in [-0.39, 0.29) is 5.92 Å². The van der Waals surface area contributed by atoms with Gasteiger partial charge in [0.05, 0.1) is 11.3 Å². The topological polar surface area (TPSA) is 72.1 Å².